The lowest BCUT2D eigenvalue weighted by atomic mass is 9.97. The molecule has 1 aliphatic rings. The van der Waals surface area contributed by atoms with Crippen LogP contribution in [0.2, 0.25) is 0 Å². The number of anilines is 1. The van der Waals surface area contributed by atoms with E-state index in [1.807, 2.05) is 6.07 Å². The first-order valence-electron chi connectivity index (χ1n) is 6.46. The van der Waals surface area contributed by atoms with Crippen LogP contribution in [0.4, 0.5) is 5.82 Å². The first-order chi connectivity index (χ1) is 8.63. The zero-order valence-corrected chi connectivity index (χ0v) is 11.2. The summed E-state index contributed by atoms with van der Waals surface area (Å²) >= 11 is 0. The SMILES string of the molecule is COC(=O)c1ccnc(N2C(C)CCCC2C)c1. The predicted octanol–water partition coefficient (Wildman–Crippen LogP) is 2.64. The maximum absolute atomic E-state index is 11.5. The molecule has 1 aromatic heterocycles. The van der Waals surface area contributed by atoms with Crippen LogP contribution in [0.5, 0.6) is 0 Å². The largest absolute Gasteiger partial charge is 0.465 e. The number of esters is 1. The average molecular weight is 248 g/mol. The normalized spacial score (nSPS) is 23.8. The Labute approximate surface area is 108 Å². The lowest BCUT2D eigenvalue weighted by Crippen LogP contribution is -2.44. The molecule has 0 bridgehead atoms. The second-order valence-corrected chi connectivity index (χ2v) is 4.93. The number of carbonyl (C=O) groups is 1. The zero-order chi connectivity index (χ0) is 13.1. The quantitative estimate of drug-likeness (QED) is 0.755. The van der Waals surface area contributed by atoms with Gasteiger partial charge in [-0.2, -0.15) is 0 Å². The summed E-state index contributed by atoms with van der Waals surface area (Å²) < 4.78 is 4.75. The molecule has 0 N–H and O–H groups in total. The lowest BCUT2D eigenvalue weighted by Gasteiger charge is -2.40. The molecule has 2 atom stereocenters. The highest BCUT2D eigenvalue weighted by molar-refractivity contribution is 5.90. The first-order valence-corrected chi connectivity index (χ1v) is 6.46. The summed E-state index contributed by atoms with van der Waals surface area (Å²) in [6.07, 6.45) is 5.29. The number of aromatic nitrogens is 1. The van der Waals surface area contributed by atoms with Gasteiger partial charge in [-0.3, -0.25) is 0 Å². The van der Waals surface area contributed by atoms with E-state index >= 15 is 0 Å². The first kappa shape index (κ1) is 12.9. The molecule has 1 aliphatic heterocycles. The summed E-state index contributed by atoms with van der Waals surface area (Å²) in [5.41, 5.74) is 0.562. The summed E-state index contributed by atoms with van der Waals surface area (Å²) in [4.78, 5) is 18.2. The summed E-state index contributed by atoms with van der Waals surface area (Å²) in [6, 6.07) is 4.45. The van der Waals surface area contributed by atoms with Gasteiger partial charge in [0.05, 0.1) is 12.7 Å². The summed E-state index contributed by atoms with van der Waals surface area (Å²) in [7, 11) is 1.40. The number of ether oxygens (including phenoxy) is 1. The molecule has 98 valence electrons. The van der Waals surface area contributed by atoms with Crippen molar-refractivity contribution < 1.29 is 9.53 Å². The van der Waals surface area contributed by atoms with Crippen LogP contribution in [0, 0.1) is 0 Å². The van der Waals surface area contributed by atoms with Crippen molar-refractivity contribution in [1.29, 1.82) is 0 Å². The molecule has 2 heterocycles. The Morgan fingerprint density at radius 3 is 2.67 bits per heavy atom. The number of nitrogens with zero attached hydrogens (tertiary/aromatic N) is 2. The van der Waals surface area contributed by atoms with Crippen LogP contribution in [0.25, 0.3) is 0 Å². The predicted molar refractivity (Wildman–Crippen MR) is 70.8 cm³/mol. The Kier molecular flexibility index (Phi) is 3.84. The van der Waals surface area contributed by atoms with E-state index in [1.54, 1.807) is 12.3 Å². The van der Waals surface area contributed by atoms with Gasteiger partial charge in [0.2, 0.25) is 0 Å². The second kappa shape index (κ2) is 5.38. The molecule has 4 heteroatoms. The zero-order valence-electron chi connectivity index (χ0n) is 11.2. The fourth-order valence-electron chi connectivity index (χ4n) is 2.68. The molecule has 0 spiro atoms. The average Bonchev–Trinajstić information content (AvgIpc) is 2.38. The van der Waals surface area contributed by atoms with Gasteiger partial charge < -0.3 is 9.64 Å². The monoisotopic (exact) mass is 248 g/mol. The fraction of sp³-hybridized carbons (Fsp3) is 0.571. The Hall–Kier alpha value is -1.58. The van der Waals surface area contributed by atoms with E-state index in [0.29, 0.717) is 17.6 Å². The summed E-state index contributed by atoms with van der Waals surface area (Å²) in [6.45, 7) is 4.42. The number of hydrogen-bond acceptors (Lipinski definition) is 4. The van der Waals surface area contributed by atoms with Gasteiger partial charge in [-0.25, -0.2) is 9.78 Å². The van der Waals surface area contributed by atoms with Crippen LogP contribution in [-0.4, -0.2) is 30.1 Å². The molecule has 4 nitrogen and oxygen atoms in total. The Morgan fingerprint density at radius 1 is 1.39 bits per heavy atom. The van der Waals surface area contributed by atoms with Crippen molar-refractivity contribution in [2.45, 2.75) is 45.2 Å². The van der Waals surface area contributed by atoms with Crippen LogP contribution >= 0.6 is 0 Å². The number of rotatable bonds is 2. The highest BCUT2D eigenvalue weighted by atomic mass is 16.5. The molecular weight excluding hydrogens is 228 g/mol. The van der Waals surface area contributed by atoms with E-state index in [0.717, 1.165) is 5.82 Å². The molecule has 18 heavy (non-hydrogen) atoms. The highest BCUT2D eigenvalue weighted by Crippen LogP contribution is 2.27. The van der Waals surface area contributed by atoms with E-state index in [4.69, 9.17) is 4.74 Å². The minimum absolute atomic E-state index is 0.309. The smallest absolute Gasteiger partial charge is 0.338 e. The second-order valence-electron chi connectivity index (χ2n) is 4.93. The van der Waals surface area contributed by atoms with Gasteiger partial charge in [-0.15, -0.1) is 0 Å². The topological polar surface area (TPSA) is 42.4 Å². The van der Waals surface area contributed by atoms with Gasteiger partial charge in [0.1, 0.15) is 5.82 Å². The molecule has 0 aliphatic carbocycles. The third-order valence-corrected chi connectivity index (χ3v) is 3.62. The molecule has 1 saturated heterocycles. The fourth-order valence-corrected chi connectivity index (χ4v) is 2.68. The molecule has 0 amide bonds. The van der Waals surface area contributed by atoms with Gasteiger partial charge in [-0.1, -0.05) is 0 Å². The molecular formula is C14H20N2O2. The van der Waals surface area contributed by atoms with Crippen LogP contribution in [0.1, 0.15) is 43.5 Å². The lowest BCUT2D eigenvalue weighted by molar-refractivity contribution is 0.0600. The van der Waals surface area contributed by atoms with E-state index in [1.165, 1.54) is 26.4 Å². The van der Waals surface area contributed by atoms with Gasteiger partial charge >= 0.3 is 5.97 Å². The van der Waals surface area contributed by atoms with Gasteiger partial charge in [0.25, 0.3) is 0 Å². The summed E-state index contributed by atoms with van der Waals surface area (Å²) in [5.74, 6) is 0.563. The van der Waals surface area contributed by atoms with Crippen molar-refractivity contribution in [2.75, 3.05) is 12.0 Å². The van der Waals surface area contributed by atoms with Crippen molar-refractivity contribution in [3.05, 3.63) is 23.9 Å². The number of hydrogen-bond donors (Lipinski definition) is 0. The van der Waals surface area contributed by atoms with Crippen molar-refractivity contribution >= 4 is 11.8 Å². The number of carbonyl (C=O) groups excluding carboxylic acids is 1. The van der Waals surface area contributed by atoms with E-state index in [9.17, 15) is 4.79 Å². The number of methoxy groups -OCH3 is 1. The molecule has 2 rings (SSSR count). The molecule has 0 aromatic carbocycles. The minimum Gasteiger partial charge on any atom is -0.465 e. The van der Waals surface area contributed by atoms with Crippen molar-refractivity contribution in [2.24, 2.45) is 0 Å². The molecule has 0 radical (unpaired) electrons. The van der Waals surface area contributed by atoms with Crippen molar-refractivity contribution in [3.63, 3.8) is 0 Å². The third kappa shape index (κ3) is 2.47. The van der Waals surface area contributed by atoms with Gasteiger partial charge in [0.15, 0.2) is 0 Å². The van der Waals surface area contributed by atoms with Crippen molar-refractivity contribution in [1.82, 2.24) is 4.98 Å². The Bertz CT molecular complexity index is 424. The van der Waals surface area contributed by atoms with Crippen LogP contribution in [0.3, 0.4) is 0 Å². The maximum Gasteiger partial charge on any atom is 0.338 e. The Morgan fingerprint density at radius 2 is 2.06 bits per heavy atom. The van der Waals surface area contributed by atoms with Crippen LogP contribution in [0.15, 0.2) is 18.3 Å². The van der Waals surface area contributed by atoms with Crippen LogP contribution < -0.4 is 4.90 Å². The summed E-state index contributed by atoms with van der Waals surface area (Å²) in [5, 5.41) is 0. The molecule has 2 unspecified atom stereocenters. The standard InChI is InChI=1S/C14H20N2O2/c1-10-5-4-6-11(2)16(10)13-9-12(7-8-15-13)14(17)18-3/h7-11H,4-6H2,1-3H3. The van der Waals surface area contributed by atoms with Crippen LogP contribution in [-0.2, 0) is 4.74 Å². The van der Waals surface area contributed by atoms with Gasteiger partial charge in [-0.05, 0) is 45.2 Å². The molecule has 0 saturated carbocycles. The molecule has 1 aromatic rings. The Balaban J connectivity index is 2.29. The van der Waals surface area contributed by atoms with E-state index < -0.39 is 0 Å². The third-order valence-electron chi connectivity index (χ3n) is 3.62. The van der Waals surface area contributed by atoms with Gasteiger partial charge in [0, 0.05) is 18.3 Å². The molecule has 1 fully saturated rings. The van der Waals surface area contributed by atoms with E-state index in [-0.39, 0.29) is 5.97 Å². The van der Waals surface area contributed by atoms with E-state index in [2.05, 4.69) is 23.7 Å². The number of piperidine rings is 1. The minimum atomic E-state index is -0.309. The van der Waals surface area contributed by atoms with Crippen molar-refractivity contribution in [3.8, 4) is 0 Å². The highest BCUT2D eigenvalue weighted by Gasteiger charge is 2.26. The maximum atomic E-state index is 11.5. The number of pyridine rings is 1.